The van der Waals surface area contributed by atoms with Crippen molar-refractivity contribution in [3.8, 4) is 0 Å². The predicted octanol–water partition coefficient (Wildman–Crippen LogP) is 10.4. The fourth-order valence-corrected chi connectivity index (χ4v) is 7.26. The lowest BCUT2D eigenvalue weighted by atomic mass is 9.90. The van der Waals surface area contributed by atoms with E-state index in [9.17, 15) is 19.8 Å². The molecule has 1 saturated carbocycles. The van der Waals surface area contributed by atoms with E-state index in [1.54, 1.807) is 9.80 Å². The second kappa shape index (κ2) is 33.0. The molecule has 2 aliphatic rings. The van der Waals surface area contributed by atoms with Gasteiger partial charge in [-0.3, -0.25) is 14.5 Å². The molecule has 8 heteroatoms. The summed E-state index contributed by atoms with van der Waals surface area (Å²) in [4.78, 5) is 29.4. The molecule has 2 rings (SSSR count). The second-order valence-electron chi connectivity index (χ2n) is 15.9. The molecular weight excluding hydrogens is 677 g/mol. The number of nitrogens with zero attached hydrogens (tertiary/aromatic N) is 2. The number of allylic oxidation sites excluding steroid dienone is 6. The Kier molecular flexibility index (Phi) is 29.3. The van der Waals surface area contributed by atoms with Crippen LogP contribution in [0, 0.1) is 0 Å². The van der Waals surface area contributed by atoms with Crippen molar-refractivity contribution < 1.29 is 29.3 Å². The van der Waals surface area contributed by atoms with Crippen molar-refractivity contribution in [1.29, 1.82) is 0 Å². The molecule has 0 aromatic carbocycles. The molecule has 0 aromatic rings. The van der Waals surface area contributed by atoms with Gasteiger partial charge in [-0.05, 0) is 69.8 Å². The second-order valence-corrected chi connectivity index (χ2v) is 15.9. The van der Waals surface area contributed by atoms with Gasteiger partial charge < -0.3 is 24.6 Å². The molecular formula is C46H82N2O6. The van der Waals surface area contributed by atoms with Crippen molar-refractivity contribution in [2.24, 2.45) is 0 Å². The van der Waals surface area contributed by atoms with Crippen molar-refractivity contribution in [1.82, 2.24) is 9.80 Å². The SMILES string of the molecule is CCCCC/C=C\C/C=C\CCCCCCCC(OCCN(CCOC(=O)CCCCCCCCCCCCC)C(=O)CN1CC(O)C(O)C1)=C1CCC1. The number of carbonyl (C=O) groups is 2. The normalized spacial score (nSPS) is 17.4. The van der Waals surface area contributed by atoms with Gasteiger partial charge in [-0.25, -0.2) is 0 Å². The van der Waals surface area contributed by atoms with Crippen LogP contribution in [-0.4, -0.2) is 90.0 Å². The molecule has 312 valence electrons. The van der Waals surface area contributed by atoms with Crippen LogP contribution in [0.5, 0.6) is 0 Å². The Morgan fingerprint density at radius 1 is 0.648 bits per heavy atom. The van der Waals surface area contributed by atoms with E-state index in [1.165, 1.54) is 115 Å². The van der Waals surface area contributed by atoms with Gasteiger partial charge in [0.2, 0.25) is 5.91 Å². The lowest BCUT2D eigenvalue weighted by molar-refractivity contribution is -0.146. The van der Waals surface area contributed by atoms with E-state index in [0.717, 1.165) is 63.5 Å². The first-order valence-electron chi connectivity index (χ1n) is 22.6. The van der Waals surface area contributed by atoms with Crippen LogP contribution >= 0.6 is 0 Å². The lowest BCUT2D eigenvalue weighted by Crippen LogP contribution is -2.43. The molecule has 0 aromatic heterocycles. The molecule has 1 saturated heterocycles. The maximum atomic E-state index is 13.4. The van der Waals surface area contributed by atoms with Gasteiger partial charge in [0.15, 0.2) is 0 Å². The summed E-state index contributed by atoms with van der Waals surface area (Å²) >= 11 is 0. The number of hydrogen-bond acceptors (Lipinski definition) is 7. The summed E-state index contributed by atoms with van der Waals surface area (Å²) in [5.41, 5.74) is 1.42. The van der Waals surface area contributed by atoms with Crippen molar-refractivity contribution in [3.05, 3.63) is 35.6 Å². The van der Waals surface area contributed by atoms with E-state index in [4.69, 9.17) is 9.47 Å². The van der Waals surface area contributed by atoms with Crippen molar-refractivity contribution in [2.75, 3.05) is 45.9 Å². The summed E-state index contributed by atoms with van der Waals surface area (Å²) in [6.07, 6.45) is 39.4. The Morgan fingerprint density at radius 2 is 1.13 bits per heavy atom. The van der Waals surface area contributed by atoms with Crippen molar-refractivity contribution in [2.45, 2.75) is 199 Å². The number of ether oxygens (including phenoxy) is 2. The highest BCUT2D eigenvalue weighted by Crippen LogP contribution is 2.31. The zero-order valence-electron chi connectivity index (χ0n) is 34.9. The van der Waals surface area contributed by atoms with E-state index in [-0.39, 0.29) is 38.1 Å². The van der Waals surface area contributed by atoms with Crippen LogP contribution in [0.15, 0.2) is 35.6 Å². The average molecular weight is 759 g/mol. The van der Waals surface area contributed by atoms with Gasteiger partial charge in [-0.2, -0.15) is 0 Å². The van der Waals surface area contributed by atoms with Gasteiger partial charge in [0.05, 0.1) is 37.6 Å². The van der Waals surface area contributed by atoms with Gasteiger partial charge in [0, 0.05) is 25.9 Å². The zero-order valence-corrected chi connectivity index (χ0v) is 34.9. The molecule has 1 heterocycles. The minimum Gasteiger partial charge on any atom is -0.496 e. The topological polar surface area (TPSA) is 99.5 Å². The third kappa shape index (κ3) is 24.4. The number of aliphatic hydroxyl groups excluding tert-OH is 2. The standard InChI is InChI=1S/C46H82N2O6/c1-3-5-7-9-11-13-15-16-17-18-20-21-23-25-27-32-44(41-30-29-31-41)53-36-34-48(45(51)40-47-38-42(49)43(50)39-47)35-37-54-46(52)33-28-26-24-22-19-14-12-10-8-6-4-2/h11,13,16-17,42-43,49-50H,3-10,12,14-15,18-40H2,1-2H3/b13-11-,17-16-. The largest absolute Gasteiger partial charge is 0.496 e. The maximum Gasteiger partial charge on any atom is 0.305 e. The summed E-state index contributed by atoms with van der Waals surface area (Å²) in [5, 5.41) is 20.0. The van der Waals surface area contributed by atoms with Crippen LogP contribution in [0.25, 0.3) is 0 Å². The number of β-amino-alcohol motifs (C(OH)–C–C–N with tert-alkyl or cyclic N) is 2. The maximum absolute atomic E-state index is 13.4. The Morgan fingerprint density at radius 3 is 1.69 bits per heavy atom. The molecule has 1 aliphatic carbocycles. The average Bonchev–Trinajstić information content (AvgIpc) is 3.45. The van der Waals surface area contributed by atoms with E-state index < -0.39 is 12.2 Å². The highest BCUT2D eigenvalue weighted by atomic mass is 16.5. The van der Waals surface area contributed by atoms with E-state index in [2.05, 4.69) is 38.2 Å². The number of unbranched alkanes of at least 4 members (excludes halogenated alkanes) is 18. The number of amides is 1. The van der Waals surface area contributed by atoms with E-state index in [0.29, 0.717) is 26.1 Å². The summed E-state index contributed by atoms with van der Waals surface area (Å²) < 4.78 is 11.9. The first-order chi connectivity index (χ1) is 26.4. The summed E-state index contributed by atoms with van der Waals surface area (Å²) in [6, 6.07) is 0. The number of esters is 1. The molecule has 1 amide bonds. The minimum atomic E-state index is -0.836. The Hall–Kier alpha value is -2.16. The van der Waals surface area contributed by atoms with Gasteiger partial charge in [-0.15, -0.1) is 0 Å². The molecule has 2 N–H and O–H groups in total. The number of hydrogen-bond donors (Lipinski definition) is 2. The van der Waals surface area contributed by atoms with Crippen LogP contribution in [0.4, 0.5) is 0 Å². The lowest BCUT2D eigenvalue weighted by Gasteiger charge is -2.27. The molecule has 0 bridgehead atoms. The summed E-state index contributed by atoms with van der Waals surface area (Å²) in [6.45, 7) is 6.44. The summed E-state index contributed by atoms with van der Waals surface area (Å²) in [5.74, 6) is 0.811. The molecule has 2 fully saturated rings. The molecule has 54 heavy (non-hydrogen) atoms. The predicted molar refractivity (Wildman–Crippen MR) is 223 cm³/mol. The smallest absolute Gasteiger partial charge is 0.305 e. The first-order valence-corrected chi connectivity index (χ1v) is 22.6. The van der Waals surface area contributed by atoms with Crippen molar-refractivity contribution in [3.63, 3.8) is 0 Å². The van der Waals surface area contributed by atoms with Crippen molar-refractivity contribution >= 4 is 11.9 Å². The number of aliphatic hydroxyl groups is 2. The molecule has 8 nitrogen and oxygen atoms in total. The highest BCUT2D eigenvalue weighted by molar-refractivity contribution is 5.78. The third-order valence-corrected chi connectivity index (χ3v) is 11.0. The molecule has 2 atom stereocenters. The first kappa shape index (κ1) is 48.0. The van der Waals surface area contributed by atoms with Gasteiger partial charge >= 0.3 is 5.97 Å². The fourth-order valence-electron chi connectivity index (χ4n) is 7.26. The number of likely N-dealkylation sites (tertiary alicyclic amines) is 1. The van der Waals surface area contributed by atoms with Gasteiger partial charge in [0.25, 0.3) is 0 Å². The molecule has 0 radical (unpaired) electrons. The minimum absolute atomic E-state index is 0.104. The number of rotatable bonds is 35. The van der Waals surface area contributed by atoms with Gasteiger partial charge in [-0.1, -0.05) is 134 Å². The fraction of sp³-hybridized carbons (Fsp3) is 0.826. The zero-order chi connectivity index (χ0) is 38.9. The number of carbonyl (C=O) groups excluding carboxylic acids is 2. The van der Waals surface area contributed by atoms with E-state index in [1.807, 2.05) is 0 Å². The monoisotopic (exact) mass is 759 g/mol. The van der Waals surface area contributed by atoms with Crippen LogP contribution in [0.1, 0.15) is 187 Å². The van der Waals surface area contributed by atoms with Crippen LogP contribution in [0.3, 0.4) is 0 Å². The Labute approximate surface area is 331 Å². The van der Waals surface area contributed by atoms with E-state index >= 15 is 0 Å². The molecule has 2 unspecified atom stereocenters. The third-order valence-electron chi connectivity index (χ3n) is 11.0. The Bertz CT molecular complexity index is 1030. The summed E-state index contributed by atoms with van der Waals surface area (Å²) in [7, 11) is 0. The van der Waals surface area contributed by atoms with Gasteiger partial charge in [0.1, 0.15) is 13.2 Å². The van der Waals surface area contributed by atoms with Crippen LogP contribution in [-0.2, 0) is 19.1 Å². The van der Waals surface area contributed by atoms with Crippen LogP contribution < -0.4 is 0 Å². The quantitative estimate of drug-likeness (QED) is 0.0287. The van der Waals surface area contributed by atoms with Crippen LogP contribution in [0.2, 0.25) is 0 Å². The molecule has 0 spiro atoms. The molecule has 1 aliphatic heterocycles. The highest BCUT2D eigenvalue weighted by Gasteiger charge is 2.31. The Balaban J connectivity index is 1.67.